The third-order valence-corrected chi connectivity index (χ3v) is 5.91. The van der Waals surface area contributed by atoms with E-state index in [1.54, 1.807) is 30.2 Å². The van der Waals surface area contributed by atoms with E-state index in [1.165, 1.54) is 6.92 Å². The highest BCUT2D eigenvalue weighted by Gasteiger charge is 2.28. The molecular weight excluding hydrogens is 428 g/mol. The average Bonchev–Trinajstić information content (AvgIpc) is 2.83. The molecule has 2 saturated heterocycles. The minimum atomic E-state index is -0.387. The molecule has 2 amide bonds. The lowest BCUT2D eigenvalue weighted by atomic mass is 9.96. The quantitative estimate of drug-likeness (QED) is 0.420. The first-order valence-corrected chi connectivity index (χ1v) is 11.6. The first kappa shape index (κ1) is 25.0. The Bertz CT molecular complexity index is 815. The number of nitrogens with one attached hydrogen (secondary N) is 1. The van der Waals surface area contributed by atoms with Gasteiger partial charge in [-0.05, 0) is 44.7 Å². The zero-order valence-electron chi connectivity index (χ0n) is 19.5. The van der Waals surface area contributed by atoms with Gasteiger partial charge in [-0.1, -0.05) is 6.07 Å². The van der Waals surface area contributed by atoms with Gasteiger partial charge in [-0.2, -0.15) is 0 Å². The van der Waals surface area contributed by atoms with E-state index in [4.69, 9.17) is 18.9 Å². The van der Waals surface area contributed by atoms with Gasteiger partial charge in [0.2, 0.25) is 5.91 Å². The highest BCUT2D eigenvalue weighted by atomic mass is 16.7. The summed E-state index contributed by atoms with van der Waals surface area (Å²) in [5, 5.41) is 2.85. The number of rotatable bonds is 10. The summed E-state index contributed by atoms with van der Waals surface area (Å²) in [6, 6.07) is 5.11. The third kappa shape index (κ3) is 7.17. The predicted octanol–water partition coefficient (Wildman–Crippen LogP) is 2.17. The smallest absolute Gasteiger partial charge is 0.260 e. The number of hydrogen-bond donors (Lipinski definition) is 1. The van der Waals surface area contributed by atoms with E-state index < -0.39 is 0 Å². The largest absolute Gasteiger partial charge is 0.483 e. The molecule has 0 radical (unpaired) electrons. The zero-order valence-corrected chi connectivity index (χ0v) is 19.5. The number of hydrogen-bond acceptors (Lipinski definition) is 7. The van der Waals surface area contributed by atoms with Gasteiger partial charge < -0.3 is 29.2 Å². The second-order valence-corrected chi connectivity index (χ2v) is 8.33. The molecule has 1 aromatic carbocycles. The van der Waals surface area contributed by atoms with Crippen molar-refractivity contribution in [1.29, 1.82) is 0 Å². The van der Waals surface area contributed by atoms with Crippen LogP contribution < -0.4 is 14.8 Å². The lowest BCUT2D eigenvalue weighted by Gasteiger charge is -2.31. The zero-order chi connectivity index (χ0) is 23.6. The number of amides is 2. The maximum Gasteiger partial charge on any atom is 0.260 e. The van der Waals surface area contributed by atoms with Gasteiger partial charge in [-0.3, -0.25) is 14.4 Å². The Morgan fingerprint density at radius 2 is 1.88 bits per heavy atom. The van der Waals surface area contributed by atoms with Crippen molar-refractivity contribution in [1.82, 2.24) is 10.2 Å². The van der Waals surface area contributed by atoms with Gasteiger partial charge in [0, 0.05) is 39.1 Å². The van der Waals surface area contributed by atoms with Crippen molar-refractivity contribution in [3.63, 3.8) is 0 Å². The van der Waals surface area contributed by atoms with Gasteiger partial charge in [-0.25, -0.2) is 0 Å². The van der Waals surface area contributed by atoms with Crippen molar-refractivity contribution in [3.8, 4) is 11.5 Å². The molecule has 0 bridgehead atoms. The number of ketones is 1. The normalized spacial score (nSPS) is 19.1. The lowest BCUT2D eigenvalue weighted by molar-refractivity contribution is -0.137. The number of carbonyl (C=O) groups excluding carboxylic acids is 3. The standard InChI is InChI=1S/C24H34N2O7/c1-17(27)23-19(6-5-7-20(23)33-22-8-3-4-14-31-22)32-16-21(28)26-12-9-18(10-13-26)24(29)25-11-15-30-2/h5-7,18,22H,3-4,8-16H2,1-2H3,(H,25,29). The van der Waals surface area contributed by atoms with Crippen LogP contribution in [0.3, 0.4) is 0 Å². The minimum Gasteiger partial charge on any atom is -0.483 e. The maximum absolute atomic E-state index is 12.7. The predicted molar refractivity (Wildman–Crippen MR) is 120 cm³/mol. The second kappa shape index (κ2) is 12.6. The maximum atomic E-state index is 12.7. The fourth-order valence-corrected chi connectivity index (χ4v) is 4.06. The molecule has 2 heterocycles. The van der Waals surface area contributed by atoms with Crippen LogP contribution in [0.25, 0.3) is 0 Å². The van der Waals surface area contributed by atoms with Crippen LogP contribution in [0.15, 0.2) is 18.2 Å². The van der Waals surface area contributed by atoms with E-state index in [9.17, 15) is 14.4 Å². The number of likely N-dealkylation sites (tertiary alicyclic amines) is 1. The van der Waals surface area contributed by atoms with E-state index in [0.717, 1.165) is 19.3 Å². The summed E-state index contributed by atoms with van der Waals surface area (Å²) >= 11 is 0. The molecular formula is C24H34N2O7. The molecule has 33 heavy (non-hydrogen) atoms. The van der Waals surface area contributed by atoms with E-state index >= 15 is 0 Å². The Balaban J connectivity index is 1.53. The summed E-state index contributed by atoms with van der Waals surface area (Å²) in [6.07, 6.45) is 3.60. The Hall–Kier alpha value is -2.65. The molecule has 0 aromatic heterocycles. The van der Waals surface area contributed by atoms with Gasteiger partial charge in [0.25, 0.3) is 5.91 Å². The highest BCUT2D eigenvalue weighted by molar-refractivity contribution is 5.99. The van der Waals surface area contributed by atoms with Crippen LogP contribution in [-0.4, -0.2) is 75.4 Å². The molecule has 9 heteroatoms. The summed E-state index contributed by atoms with van der Waals surface area (Å²) in [6.45, 7) is 3.84. The summed E-state index contributed by atoms with van der Waals surface area (Å²) in [4.78, 5) is 38.9. The van der Waals surface area contributed by atoms with Gasteiger partial charge in [-0.15, -0.1) is 0 Å². The Morgan fingerprint density at radius 1 is 1.12 bits per heavy atom. The lowest BCUT2D eigenvalue weighted by Crippen LogP contribution is -2.45. The van der Waals surface area contributed by atoms with Gasteiger partial charge in [0.15, 0.2) is 18.7 Å². The molecule has 2 aliphatic heterocycles. The number of carbonyl (C=O) groups is 3. The van der Waals surface area contributed by atoms with Crippen LogP contribution in [0.5, 0.6) is 11.5 Å². The average molecular weight is 463 g/mol. The number of Topliss-reactive ketones (excluding diaryl/α,β-unsaturated/α-hetero) is 1. The molecule has 1 aromatic rings. The van der Waals surface area contributed by atoms with Crippen LogP contribution in [0.4, 0.5) is 0 Å². The van der Waals surface area contributed by atoms with Crippen LogP contribution in [-0.2, 0) is 19.1 Å². The van der Waals surface area contributed by atoms with Crippen LogP contribution in [0.2, 0.25) is 0 Å². The number of piperidine rings is 1. The molecule has 1 unspecified atom stereocenters. The van der Waals surface area contributed by atoms with Crippen LogP contribution >= 0.6 is 0 Å². The van der Waals surface area contributed by atoms with Crippen molar-refractivity contribution in [2.24, 2.45) is 5.92 Å². The van der Waals surface area contributed by atoms with Crippen molar-refractivity contribution in [2.45, 2.75) is 45.3 Å². The van der Waals surface area contributed by atoms with E-state index in [-0.39, 0.29) is 36.4 Å². The van der Waals surface area contributed by atoms with E-state index in [2.05, 4.69) is 5.32 Å². The SMILES string of the molecule is COCCNC(=O)C1CCN(C(=O)COc2cccc(OC3CCCCO3)c2C(C)=O)CC1. The van der Waals surface area contributed by atoms with Crippen molar-refractivity contribution in [3.05, 3.63) is 23.8 Å². The molecule has 0 spiro atoms. The Morgan fingerprint density at radius 3 is 2.55 bits per heavy atom. The van der Waals surface area contributed by atoms with Crippen LogP contribution in [0.1, 0.15) is 49.4 Å². The van der Waals surface area contributed by atoms with Crippen molar-refractivity contribution in [2.75, 3.05) is 46.6 Å². The molecule has 182 valence electrons. The molecule has 0 aliphatic carbocycles. The monoisotopic (exact) mass is 462 g/mol. The topological polar surface area (TPSA) is 103 Å². The molecule has 2 fully saturated rings. The fourth-order valence-electron chi connectivity index (χ4n) is 4.06. The summed E-state index contributed by atoms with van der Waals surface area (Å²) in [5.74, 6) is 0.234. The summed E-state index contributed by atoms with van der Waals surface area (Å²) in [5.41, 5.74) is 0.311. The van der Waals surface area contributed by atoms with Gasteiger partial charge in [0.1, 0.15) is 17.1 Å². The number of benzene rings is 1. The Kier molecular flexibility index (Phi) is 9.50. The number of ether oxygens (including phenoxy) is 4. The van der Waals surface area contributed by atoms with Gasteiger partial charge >= 0.3 is 0 Å². The minimum absolute atomic E-state index is 0.000240. The second-order valence-electron chi connectivity index (χ2n) is 8.33. The molecule has 2 aliphatic rings. The third-order valence-electron chi connectivity index (χ3n) is 5.91. The molecule has 9 nitrogen and oxygen atoms in total. The highest BCUT2D eigenvalue weighted by Crippen LogP contribution is 2.31. The number of nitrogens with zero attached hydrogens (tertiary/aromatic N) is 1. The van der Waals surface area contributed by atoms with E-state index in [0.29, 0.717) is 62.8 Å². The first-order chi connectivity index (χ1) is 16.0. The van der Waals surface area contributed by atoms with Gasteiger partial charge in [0.05, 0.1) is 13.2 Å². The molecule has 3 rings (SSSR count). The molecule has 1 N–H and O–H groups in total. The van der Waals surface area contributed by atoms with Crippen molar-refractivity contribution < 1.29 is 33.3 Å². The molecule has 1 atom stereocenters. The summed E-state index contributed by atoms with van der Waals surface area (Å²) in [7, 11) is 1.59. The van der Waals surface area contributed by atoms with E-state index in [1.807, 2.05) is 0 Å². The Labute approximate surface area is 194 Å². The van der Waals surface area contributed by atoms with Crippen LogP contribution in [0, 0.1) is 5.92 Å². The number of methoxy groups -OCH3 is 1. The first-order valence-electron chi connectivity index (χ1n) is 11.6. The molecule has 0 saturated carbocycles. The fraction of sp³-hybridized carbons (Fsp3) is 0.625. The van der Waals surface area contributed by atoms with Crippen molar-refractivity contribution >= 4 is 17.6 Å². The summed E-state index contributed by atoms with van der Waals surface area (Å²) < 4.78 is 22.2.